The molecule has 0 aliphatic heterocycles. The van der Waals surface area contributed by atoms with Gasteiger partial charge in [-0.1, -0.05) is 19.9 Å². The number of aromatic nitrogens is 5. The van der Waals surface area contributed by atoms with E-state index >= 15 is 0 Å². The third-order valence-electron chi connectivity index (χ3n) is 5.23. The van der Waals surface area contributed by atoms with Crippen LogP contribution in [0.15, 0.2) is 35.5 Å². The summed E-state index contributed by atoms with van der Waals surface area (Å²) in [4.78, 5) is 7.47. The molecule has 0 aromatic carbocycles. The monoisotopic (exact) mass is 400 g/mol. The van der Waals surface area contributed by atoms with Crippen LogP contribution in [0.25, 0.3) is 16.8 Å². The maximum atomic E-state index is 12.1. The summed E-state index contributed by atoms with van der Waals surface area (Å²) in [5.41, 5.74) is 2.40. The maximum absolute atomic E-state index is 12.1. The van der Waals surface area contributed by atoms with Crippen molar-refractivity contribution in [2.24, 2.45) is 22.2 Å². The Morgan fingerprint density at radius 3 is 2.96 bits per heavy atom. The number of nitrogens with zero attached hydrogens (tertiary/aromatic N) is 5. The van der Waals surface area contributed by atoms with Crippen LogP contribution in [0.4, 0.5) is 0 Å². The highest BCUT2D eigenvalue weighted by atomic mass is 32.2. The Kier molecular flexibility index (Phi) is 4.78. The second kappa shape index (κ2) is 7.12. The number of allylic oxidation sites excluding steroid dienone is 1. The summed E-state index contributed by atoms with van der Waals surface area (Å²) in [5.74, 6) is 1.31. The predicted octanol–water partition coefficient (Wildman–Crippen LogP) is 2.96. The van der Waals surface area contributed by atoms with Gasteiger partial charge in [0, 0.05) is 18.3 Å². The van der Waals surface area contributed by atoms with Gasteiger partial charge in [0.1, 0.15) is 5.82 Å². The summed E-state index contributed by atoms with van der Waals surface area (Å²) >= 11 is 0. The van der Waals surface area contributed by atoms with Crippen LogP contribution in [0, 0.1) is 17.8 Å². The molecule has 1 aliphatic carbocycles. The Morgan fingerprint density at radius 2 is 2.21 bits per heavy atom. The van der Waals surface area contributed by atoms with E-state index in [-0.39, 0.29) is 29.4 Å². The van der Waals surface area contributed by atoms with E-state index in [2.05, 4.69) is 31.1 Å². The lowest BCUT2D eigenvalue weighted by Crippen LogP contribution is -2.10. The molecule has 8 nitrogen and oxygen atoms in total. The molecular weight excluding hydrogens is 376 g/mol. The molecule has 1 aliphatic rings. The number of nitrogens with one attached hydrogen (secondary N) is 1. The van der Waals surface area contributed by atoms with E-state index in [1.54, 1.807) is 12.4 Å². The minimum atomic E-state index is -3.42. The van der Waals surface area contributed by atoms with Crippen molar-refractivity contribution in [2.75, 3.05) is 5.75 Å². The normalized spacial score (nSPS) is 23.5. The Balaban J connectivity index is 1.65. The second-order valence-corrected chi connectivity index (χ2v) is 9.56. The van der Waals surface area contributed by atoms with Crippen LogP contribution in [0.1, 0.15) is 38.4 Å². The topological polar surface area (TPSA) is 105 Å². The van der Waals surface area contributed by atoms with Crippen LogP contribution >= 0.6 is 0 Å². The quantitative estimate of drug-likeness (QED) is 0.506. The summed E-state index contributed by atoms with van der Waals surface area (Å²) in [6, 6.07) is 1.96. The fourth-order valence-corrected chi connectivity index (χ4v) is 5.36. The van der Waals surface area contributed by atoms with Crippen molar-refractivity contribution in [3.05, 3.63) is 36.9 Å². The lowest BCUT2D eigenvalue weighted by atomic mass is 9.95. The Bertz CT molecular complexity index is 1140. The first kappa shape index (κ1) is 18.8. The number of aromatic amines is 1. The number of hydrogen-bond acceptors (Lipinski definition) is 5. The summed E-state index contributed by atoms with van der Waals surface area (Å²) in [6.07, 6.45) is 8.63. The smallest absolute Gasteiger partial charge is 0.253 e. The Hall–Kier alpha value is -2.55. The van der Waals surface area contributed by atoms with Crippen molar-refractivity contribution in [3.8, 4) is 0 Å². The molecule has 0 spiro atoms. The fraction of sp³-hybridized carbons (Fsp3) is 0.474. The molecule has 1 unspecified atom stereocenters. The van der Waals surface area contributed by atoms with Crippen LogP contribution in [0.3, 0.4) is 0 Å². The molecule has 1 N–H and O–H groups in total. The predicted molar refractivity (Wildman–Crippen MR) is 109 cm³/mol. The zero-order valence-electron chi connectivity index (χ0n) is 16.0. The fourth-order valence-electron chi connectivity index (χ4n) is 4.07. The number of rotatable bonds is 6. The average Bonchev–Trinajstić information content (AvgIpc) is 3.34. The number of H-pyrrole nitrogens is 1. The van der Waals surface area contributed by atoms with Gasteiger partial charge in [-0.15, -0.1) is 16.8 Å². The van der Waals surface area contributed by atoms with Crippen LogP contribution < -0.4 is 0 Å². The SMILES string of the molecule is C=C[C@@H]1CC(C=NS(=O)(=O)CC(C)C)C[C@@H]1c1nnc2cnc3[nH]ccc3n12. The van der Waals surface area contributed by atoms with Gasteiger partial charge in [0.15, 0.2) is 11.3 Å². The minimum Gasteiger partial charge on any atom is -0.345 e. The van der Waals surface area contributed by atoms with Gasteiger partial charge in [-0.2, -0.15) is 4.40 Å². The first-order valence-electron chi connectivity index (χ1n) is 9.45. The molecule has 0 bridgehead atoms. The van der Waals surface area contributed by atoms with Crippen molar-refractivity contribution in [1.82, 2.24) is 24.6 Å². The molecule has 3 aromatic heterocycles. The third kappa shape index (κ3) is 3.46. The lowest BCUT2D eigenvalue weighted by Gasteiger charge is -2.14. The largest absolute Gasteiger partial charge is 0.345 e. The van der Waals surface area contributed by atoms with Crippen molar-refractivity contribution in [1.29, 1.82) is 0 Å². The molecule has 28 heavy (non-hydrogen) atoms. The first-order chi connectivity index (χ1) is 13.4. The highest BCUT2D eigenvalue weighted by Crippen LogP contribution is 2.43. The Labute approximate surface area is 163 Å². The molecular formula is C19H24N6O2S. The highest BCUT2D eigenvalue weighted by Gasteiger charge is 2.36. The van der Waals surface area contributed by atoms with Crippen LogP contribution in [0.5, 0.6) is 0 Å². The zero-order valence-corrected chi connectivity index (χ0v) is 16.8. The highest BCUT2D eigenvalue weighted by molar-refractivity contribution is 7.90. The van der Waals surface area contributed by atoms with Crippen molar-refractivity contribution in [2.45, 2.75) is 32.6 Å². The van der Waals surface area contributed by atoms with Gasteiger partial charge < -0.3 is 4.98 Å². The molecule has 3 aromatic rings. The van der Waals surface area contributed by atoms with Gasteiger partial charge >= 0.3 is 0 Å². The number of sulfonamides is 1. The molecule has 1 saturated carbocycles. The van der Waals surface area contributed by atoms with E-state index in [9.17, 15) is 8.42 Å². The minimum absolute atomic E-state index is 0.0547. The molecule has 0 amide bonds. The van der Waals surface area contributed by atoms with E-state index in [0.29, 0.717) is 5.65 Å². The van der Waals surface area contributed by atoms with Gasteiger partial charge in [0.2, 0.25) is 0 Å². The first-order valence-corrected chi connectivity index (χ1v) is 11.1. The summed E-state index contributed by atoms with van der Waals surface area (Å²) in [7, 11) is -3.42. The van der Waals surface area contributed by atoms with E-state index in [4.69, 9.17) is 0 Å². The van der Waals surface area contributed by atoms with Gasteiger partial charge in [-0.25, -0.2) is 13.4 Å². The molecule has 0 radical (unpaired) electrons. The van der Waals surface area contributed by atoms with Crippen molar-refractivity contribution in [3.63, 3.8) is 0 Å². The van der Waals surface area contributed by atoms with Gasteiger partial charge in [0.05, 0.1) is 17.5 Å². The standard InChI is InChI=1S/C19H24N6O2S/c1-4-14-7-13(9-22-28(26,27)11-12(2)3)8-15(14)19-24-23-17-10-21-18-16(25(17)19)5-6-20-18/h4-6,9-10,12-15,20H,1,7-8,11H2,2-3H3/t13?,14-,15+/m1/s1. The Morgan fingerprint density at radius 1 is 1.39 bits per heavy atom. The number of hydrogen-bond donors (Lipinski definition) is 1. The van der Waals surface area contributed by atoms with Gasteiger partial charge in [0.25, 0.3) is 10.0 Å². The van der Waals surface area contributed by atoms with Crippen LogP contribution in [-0.2, 0) is 10.0 Å². The van der Waals surface area contributed by atoms with Crippen molar-refractivity contribution < 1.29 is 8.42 Å². The zero-order chi connectivity index (χ0) is 19.9. The molecule has 3 heterocycles. The van der Waals surface area contributed by atoms with Crippen LogP contribution in [-0.4, -0.2) is 45.0 Å². The second-order valence-electron chi connectivity index (χ2n) is 7.86. The average molecular weight is 401 g/mol. The summed E-state index contributed by atoms with van der Waals surface area (Å²) in [5, 5.41) is 8.71. The van der Waals surface area contributed by atoms with E-state index in [1.165, 1.54) is 0 Å². The van der Waals surface area contributed by atoms with Gasteiger partial charge in [-0.05, 0) is 36.7 Å². The maximum Gasteiger partial charge on any atom is 0.253 e. The lowest BCUT2D eigenvalue weighted by molar-refractivity contribution is 0.557. The van der Waals surface area contributed by atoms with Crippen LogP contribution in [0.2, 0.25) is 0 Å². The molecule has 148 valence electrons. The molecule has 1 fully saturated rings. The molecule has 0 saturated heterocycles. The van der Waals surface area contributed by atoms with E-state index in [0.717, 1.165) is 29.8 Å². The summed E-state index contributed by atoms with van der Waals surface area (Å²) < 4.78 is 30.1. The van der Waals surface area contributed by atoms with E-state index < -0.39 is 10.0 Å². The third-order valence-corrected chi connectivity index (χ3v) is 6.76. The van der Waals surface area contributed by atoms with Gasteiger partial charge in [-0.3, -0.25) is 4.40 Å². The van der Waals surface area contributed by atoms with E-state index in [1.807, 2.05) is 36.6 Å². The molecule has 9 heteroatoms. The summed E-state index contributed by atoms with van der Waals surface area (Å²) in [6.45, 7) is 7.73. The van der Waals surface area contributed by atoms with Crippen molar-refractivity contribution >= 4 is 33.0 Å². The molecule has 4 rings (SSSR count). The molecule has 3 atom stereocenters. The number of fused-ring (bicyclic) bond motifs is 3.